The number of halogens is 1. The van der Waals surface area contributed by atoms with E-state index < -0.39 is 0 Å². The third kappa shape index (κ3) is 3.19. The van der Waals surface area contributed by atoms with Crippen LogP contribution in [0.3, 0.4) is 0 Å². The van der Waals surface area contributed by atoms with Crippen LogP contribution in [0, 0.1) is 11.3 Å². The van der Waals surface area contributed by atoms with Crippen molar-refractivity contribution in [2.75, 3.05) is 11.9 Å². The van der Waals surface area contributed by atoms with Gasteiger partial charge in [0, 0.05) is 17.6 Å². The molecule has 86 valence electrons. The van der Waals surface area contributed by atoms with E-state index in [1.165, 1.54) is 4.88 Å². The summed E-state index contributed by atoms with van der Waals surface area (Å²) in [6.07, 6.45) is 2.50. The molecule has 0 bridgehead atoms. The smallest absolute Gasteiger partial charge is 0.163 e. The van der Waals surface area contributed by atoms with Crippen LogP contribution in [0.2, 0.25) is 4.34 Å². The maximum absolute atomic E-state index is 8.87. The molecular weight excluding hydrogens is 254 g/mol. The van der Waals surface area contributed by atoms with Gasteiger partial charge in [-0.2, -0.15) is 5.26 Å². The fourth-order valence-electron chi connectivity index (χ4n) is 1.44. The van der Waals surface area contributed by atoms with E-state index in [0.29, 0.717) is 5.69 Å². The van der Waals surface area contributed by atoms with Crippen molar-refractivity contribution in [1.29, 1.82) is 5.26 Å². The summed E-state index contributed by atoms with van der Waals surface area (Å²) in [5, 5.41) is 12.1. The molecule has 0 atom stereocenters. The van der Waals surface area contributed by atoms with Crippen molar-refractivity contribution in [3.05, 3.63) is 45.4 Å². The first-order valence-corrected chi connectivity index (χ1v) is 6.32. The number of pyridine rings is 1. The number of anilines is 1. The van der Waals surface area contributed by atoms with Crippen LogP contribution in [0.5, 0.6) is 0 Å². The average Bonchev–Trinajstić information content (AvgIpc) is 2.76. The monoisotopic (exact) mass is 263 g/mol. The summed E-state index contributed by atoms with van der Waals surface area (Å²) in [6.45, 7) is 0.761. The third-order valence-electron chi connectivity index (χ3n) is 2.23. The van der Waals surface area contributed by atoms with Crippen LogP contribution >= 0.6 is 22.9 Å². The summed E-state index contributed by atoms with van der Waals surface area (Å²) < 4.78 is 0.805. The third-order valence-corrected chi connectivity index (χ3v) is 3.52. The molecule has 1 N–H and O–H groups in total. The lowest BCUT2D eigenvalue weighted by molar-refractivity contribution is 1.04. The summed E-state index contributed by atoms with van der Waals surface area (Å²) in [7, 11) is 0. The number of nitrogens with one attached hydrogen (secondary N) is 1. The van der Waals surface area contributed by atoms with Crippen LogP contribution in [-0.4, -0.2) is 11.5 Å². The van der Waals surface area contributed by atoms with Gasteiger partial charge in [0.2, 0.25) is 0 Å². The van der Waals surface area contributed by atoms with Gasteiger partial charge in [-0.3, -0.25) is 0 Å². The van der Waals surface area contributed by atoms with Crippen LogP contribution in [0.1, 0.15) is 10.6 Å². The topological polar surface area (TPSA) is 48.7 Å². The first-order valence-electron chi connectivity index (χ1n) is 5.13. The molecule has 0 saturated carbocycles. The Bertz CT molecular complexity index is 545. The molecule has 2 heterocycles. The number of hydrogen-bond donors (Lipinski definition) is 1. The maximum atomic E-state index is 8.87. The highest BCUT2D eigenvalue weighted by molar-refractivity contribution is 7.16. The molecule has 0 aromatic carbocycles. The van der Waals surface area contributed by atoms with Gasteiger partial charge in [-0.15, -0.1) is 11.3 Å². The van der Waals surface area contributed by atoms with E-state index >= 15 is 0 Å². The zero-order valence-electron chi connectivity index (χ0n) is 8.98. The Morgan fingerprint density at radius 1 is 1.41 bits per heavy atom. The van der Waals surface area contributed by atoms with E-state index in [0.717, 1.165) is 23.0 Å². The number of aromatic nitrogens is 1. The molecule has 0 fully saturated rings. The molecule has 3 nitrogen and oxygen atoms in total. The van der Waals surface area contributed by atoms with Crippen molar-refractivity contribution in [2.45, 2.75) is 6.42 Å². The number of thiophene rings is 1. The number of nitrogens with zero attached hydrogens (tertiary/aromatic N) is 2. The van der Waals surface area contributed by atoms with Gasteiger partial charge in [-0.25, -0.2) is 4.98 Å². The predicted octanol–water partition coefficient (Wildman–Crippen LogP) is 3.32. The first-order chi connectivity index (χ1) is 8.29. The molecule has 0 amide bonds. The molecule has 2 aromatic heterocycles. The molecule has 0 spiro atoms. The van der Waals surface area contributed by atoms with Gasteiger partial charge in [0.25, 0.3) is 0 Å². The quantitative estimate of drug-likeness (QED) is 0.921. The Hall–Kier alpha value is -1.57. The molecule has 0 saturated heterocycles. The second-order valence-electron chi connectivity index (χ2n) is 3.39. The Kier molecular flexibility index (Phi) is 3.97. The average molecular weight is 264 g/mol. The molecular formula is C12H10ClN3S. The van der Waals surface area contributed by atoms with Gasteiger partial charge in [0.05, 0.1) is 10.0 Å². The van der Waals surface area contributed by atoms with Crippen molar-refractivity contribution in [3.63, 3.8) is 0 Å². The van der Waals surface area contributed by atoms with Crippen molar-refractivity contribution < 1.29 is 0 Å². The highest BCUT2D eigenvalue weighted by atomic mass is 35.5. The largest absolute Gasteiger partial charge is 0.382 e. The van der Waals surface area contributed by atoms with Gasteiger partial charge >= 0.3 is 0 Å². The predicted molar refractivity (Wildman–Crippen MR) is 70.5 cm³/mol. The summed E-state index contributed by atoms with van der Waals surface area (Å²) in [5.74, 6) is 0. The van der Waals surface area contributed by atoms with E-state index in [9.17, 15) is 0 Å². The summed E-state index contributed by atoms with van der Waals surface area (Å²) in [6, 6.07) is 9.63. The van der Waals surface area contributed by atoms with E-state index in [-0.39, 0.29) is 0 Å². The summed E-state index contributed by atoms with van der Waals surface area (Å²) in [4.78, 5) is 5.21. The van der Waals surface area contributed by atoms with E-state index in [1.54, 1.807) is 17.5 Å². The van der Waals surface area contributed by atoms with Crippen LogP contribution < -0.4 is 5.32 Å². The lowest BCUT2D eigenvalue weighted by Gasteiger charge is -2.05. The zero-order chi connectivity index (χ0) is 12.1. The zero-order valence-corrected chi connectivity index (χ0v) is 10.6. The van der Waals surface area contributed by atoms with E-state index in [2.05, 4.69) is 16.4 Å². The van der Waals surface area contributed by atoms with Crippen molar-refractivity contribution in [2.24, 2.45) is 0 Å². The molecule has 0 aliphatic heterocycles. The molecule has 0 radical (unpaired) electrons. The van der Waals surface area contributed by atoms with Crippen LogP contribution in [-0.2, 0) is 6.42 Å². The van der Waals surface area contributed by atoms with Crippen molar-refractivity contribution in [3.8, 4) is 6.07 Å². The normalized spacial score (nSPS) is 9.88. The van der Waals surface area contributed by atoms with Crippen molar-refractivity contribution in [1.82, 2.24) is 4.98 Å². The van der Waals surface area contributed by atoms with E-state index in [1.807, 2.05) is 24.3 Å². The van der Waals surface area contributed by atoms with Gasteiger partial charge in [0.1, 0.15) is 6.07 Å². The van der Waals surface area contributed by atoms with Gasteiger partial charge in [-0.1, -0.05) is 11.6 Å². The second kappa shape index (κ2) is 5.67. The van der Waals surface area contributed by atoms with Crippen molar-refractivity contribution >= 4 is 28.6 Å². The molecule has 2 rings (SSSR count). The number of nitriles is 1. The summed E-state index contributed by atoms with van der Waals surface area (Å²) >= 11 is 7.43. The number of rotatable bonds is 4. The number of hydrogen-bond acceptors (Lipinski definition) is 4. The minimum Gasteiger partial charge on any atom is -0.382 e. The van der Waals surface area contributed by atoms with Gasteiger partial charge in [0.15, 0.2) is 5.69 Å². The Balaban J connectivity index is 1.92. The minimum absolute atomic E-state index is 0.428. The summed E-state index contributed by atoms with van der Waals surface area (Å²) in [5.41, 5.74) is 1.20. The fourth-order valence-corrected chi connectivity index (χ4v) is 2.53. The second-order valence-corrected chi connectivity index (χ2v) is 5.19. The lowest BCUT2D eigenvalue weighted by atomic mass is 10.3. The fraction of sp³-hybridized carbons (Fsp3) is 0.167. The molecule has 5 heteroatoms. The SMILES string of the molecule is N#Cc1ncccc1NCCc1ccc(Cl)s1. The maximum Gasteiger partial charge on any atom is 0.163 e. The standard InChI is InChI=1S/C12H10ClN3S/c13-12-4-3-9(17-12)5-7-16-10-2-1-6-15-11(10)8-14/h1-4,6,16H,5,7H2. The molecule has 0 aliphatic rings. The van der Waals surface area contributed by atoms with E-state index in [4.69, 9.17) is 16.9 Å². The highest BCUT2D eigenvalue weighted by Crippen LogP contribution is 2.21. The van der Waals surface area contributed by atoms with Crippen LogP contribution in [0.15, 0.2) is 30.5 Å². The Labute approximate surface area is 109 Å². The molecule has 0 aliphatic carbocycles. The molecule has 2 aromatic rings. The minimum atomic E-state index is 0.428. The van der Waals surface area contributed by atoms with Gasteiger partial charge in [-0.05, 0) is 30.7 Å². The Morgan fingerprint density at radius 2 is 2.29 bits per heavy atom. The lowest BCUT2D eigenvalue weighted by Crippen LogP contribution is -2.05. The highest BCUT2D eigenvalue weighted by Gasteiger charge is 2.02. The molecule has 0 unspecified atom stereocenters. The first kappa shape index (κ1) is 11.9. The molecule has 17 heavy (non-hydrogen) atoms. The van der Waals surface area contributed by atoms with Crippen LogP contribution in [0.4, 0.5) is 5.69 Å². The Morgan fingerprint density at radius 3 is 3.00 bits per heavy atom. The van der Waals surface area contributed by atoms with Crippen LogP contribution in [0.25, 0.3) is 0 Å². The van der Waals surface area contributed by atoms with Gasteiger partial charge < -0.3 is 5.32 Å².